The number of carboxylic acids is 1. The third kappa shape index (κ3) is 5.50. The van der Waals surface area contributed by atoms with Crippen molar-refractivity contribution in [1.82, 2.24) is 10.2 Å². The van der Waals surface area contributed by atoms with Gasteiger partial charge in [-0.15, -0.1) is 0 Å². The second-order valence-electron chi connectivity index (χ2n) is 9.81. The Morgan fingerprint density at radius 1 is 1.09 bits per heavy atom. The maximum Gasteiger partial charge on any atom is 0.407 e. The van der Waals surface area contributed by atoms with Gasteiger partial charge < -0.3 is 20.1 Å². The van der Waals surface area contributed by atoms with Gasteiger partial charge in [0.25, 0.3) is 0 Å². The first kappa shape index (κ1) is 24.8. The molecule has 1 fully saturated rings. The highest BCUT2D eigenvalue weighted by Gasteiger charge is 2.36. The van der Waals surface area contributed by atoms with Crippen molar-refractivity contribution in [3.8, 4) is 11.1 Å². The first-order chi connectivity index (χ1) is 16.9. The van der Waals surface area contributed by atoms with Crippen molar-refractivity contribution in [2.75, 3.05) is 19.7 Å². The lowest BCUT2D eigenvalue weighted by Gasteiger charge is -2.37. The molecule has 4 rings (SSSR count). The van der Waals surface area contributed by atoms with Crippen LogP contribution in [0.15, 0.2) is 48.5 Å². The van der Waals surface area contributed by atoms with Gasteiger partial charge in [-0.3, -0.25) is 4.79 Å². The molecule has 2 amide bonds. The van der Waals surface area contributed by atoms with Crippen LogP contribution in [0.25, 0.3) is 11.1 Å². The summed E-state index contributed by atoms with van der Waals surface area (Å²) in [6.45, 7) is 4.99. The highest BCUT2D eigenvalue weighted by molar-refractivity contribution is 5.85. The van der Waals surface area contributed by atoms with Crippen molar-refractivity contribution in [3.63, 3.8) is 0 Å². The minimum Gasteiger partial charge on any atom is -0.480 e. The predicted molar refractivity (Wildman–Crippen MR) is 133 cm³/mol. The molecule has 3 unspecified atom stereocenters. The SMILES string of the molecule is CC1CCN(C(=O)C(C)CCCNC(=O)OCC2c3ccccc3-c3ccccc32)C(C(=O)O)C1. The Morgan fingerprint density at radius 3 is 2.34 bits per heavy atom. The number of hydrogen-bond donors (Lipinski definition) is 2. The van der Waals surface area contributed by atoms with Gasteiger partial charge in [0.1, 0.15) is 12.6 Å². The van der Waals surface area contributed by atoms with Crippen molar-refractivity contribution >= 4 is 18.0 Å². The number of rotatable bonds is 8. The molecule has 0 aromatic heterocycles. The second kappa shape index (κ2) is 10.9. The zero-order chi connectivity index (χ0) is 24.9. The summed E-state index contributed by atoms with van der Waals surface area (Å²) in [5, 5.41) is 12.3. The van der Waals surface area contributed by atoms with E-state index >= 15 is 0 Å². The Labute approximate surface area is 206 Å². The number of nitrogens with one attached hydrogen (secondary N) is 1. The molecule has 0 spiro atoms. The number of fused-ring (bicyclic) bond motifs is 3. The van der Waals surface area contributed by atoms with Crippen LogP contribution >= 0.6 is 0 Å². The molecule has 1 aliphatic carbocycles. The highest BCUT2D eigenvalue weighted by Crippen LogP contribution is 2.44. The Bertz CT molecular complexity index is 1040. The van der Waals surface area contributed by atoms with E-state index in [1.165, 1.54) is 27.2 Å². The Morgan fingerprint density at radius 2 is 1.71 bits per heavy atom. The lowest BCUT2D eigenvalue weighted by atomic mass is 9.91. The fraction of sp³-hybridized carbons (Fsp3) is 0.464. The van der Waals surface area contributed by atoms with Crippen LogP contribution in [0.1, 0.15) is 56.6 Å². The number of carboxylic acid groups (broad SMARTS) is 1. The highest BCUT2D eigenvalue weighted by atomic mass is 16.5. The number of piperidine rings is 1. The third-order valence-electron chi connectivity index (χ3n) is 7.28. The van der Waals surface area contributed by atoms with Gasteiger partial charge in [-0.05, 0) is 53.9 Å². The van der Waals surface area contributed by atoms with Crippen molar-refractivity contribution in [3.05, 3.63) is 59.7 Å². The van der Waals surface area contributed by atoms with Gasteiger partial charge in [0.05, 0.1) is 0 Å². The van der Waals surface area contributed by atoms with Gasteiger partial charge >= 0.3 is 12.1 Å². The summed E-state index contributed by atoms with van der Waals surface area (Å²) < 4.78 is 5.55. The van der Waals surface area contributed by atoms with Gasteiger partial charge in [0.15, 0.2) is 0 Å². The van der Waals surface area contributed by atoms with Crippen LogP contribution in [0, 0.1) is 11.8 Å². The molecule has 0 radical (unpaired) electrons. The molecule has 7 nitrogen and oxygen atoms in total. The van der Waals surface area contributed by atoms with Crippen molar-refractivity contribution in [2.45, 2.75) is 51.5 Å². The Kier molecular flexibility index (Phi) is 7.73. The van der Waals surface area contributed by atoms with E-state index in [0.717, 1.165) is 6.42 Å². The van der Waals surface area contributed by atoms with Gasteiger partial charge in [-0.2, -0.15) is 0 Å². The van der Waals surface area contributed by atoms with E-state index in [2.05, 4.69) is 29.6 Å². The molecule has 2 aromatic rings. The maximum atomic E-state index is 12.8. The molecule has 1 saturated heterocycles. The normalized spacial score (nSPS) is 20.0. The van der Waals surface area contributed by atoms with Crippen LogP contribution in [0.3, 0.4) is 0 Å². The summed E-state index contributed by atoms with van der Waals surface area (Å²) in [6, 6.07) is 15.7. The monoisotopic (exact) mass is 478 g/mol. The predicted octanol–water partition coefficient (Wildman–Crippen LogP) is 4.65. The average molecular weight is 479 g/mol. The molecule has 2 aliphatic rings. The van der Waals surface area contributed by atoms with Crippen molar-refractivity contribution < 1.29 is 24.2 Å². The molecule has 0 bridgehead atoms. The Balaban J connectivity index is 1.22. The molecular weight excluding hydrogens is 444 g/mol. The van der Waals surface area contributed by atoms with Gasteiger partial charge in [0, 0.05) is 24.9 Å². The van der Waals surface area contributed by atoms with Crippen LogP contribution in [0.4, 0.5) is 4.79 Å². The van der Waals surface area contributed by atoms with E-state index in [1.54, 1.807) is 0 Å². The van der Waals surface area contributed by atoms with Gasteiger partial charge in [-0.25, -0.2) is 9.59 Å². The van der Waals surface area contributed by atoms with Crippen LogP contribution in [0.2, 0.25) is 0 Å². The lowest BCUT2D eigenvalue weighted by molar-refractivity contribution is -0.154. The number of carbonyl (C=O) groups excluding carboxylic acids is 2. The number of ether oxygens (including phenoxy) is 1. The summed E-state index contributed by atoms with van der Waals surface area (Å²) >= 11 is 0. The molecule has 1 aliphatic heterocycles. The fourth-order valence-corrected chi connectivity index (χ4v) is 5.29. The molecule has 7 heteroatoms. The molecule has 1 heterocycles. The summed E-state index contributed by atoms with van der Waals surface area (Å²) in [6.07, 6.45) is 2.03. The van der Waals surface area contributed by atoms with E-state index in [4.69, 9.17) is 4.74 Å². The topological polar surface area (TPSA) is 95.9 Å². The molecule has 0 saturated carbocycles. The van der Waals surface area contributed by atoms with Crippen molar-refractivity contribution in [2.24, 2.45) is 11.8 Å². The minimum atomic E-state index is -0.936. The first-order valence-electron chi connectivity index (χ1n) is 12.5. The van der Waals surface area contributed by atoms with E-state index in [1.807, 2.05) is 38.1 Å². The Hall–Kier alpha value is -3.35. The number of amides is 2. The summed E-state index contributed by atoms with van der Waals surface area (Å²) in [5.41, 5.74) is 4.70. The fourth-order valence-electron chi connectivity index (χ4n) is 5.29. The maximum absolute atomic E-state index is 12.8. The minimum absolute atomic E-state index is 0.0141. The first-order valence-corrected chi connectivity index (χ1v) is 12.5. The van der Waals surface area contributed by atoms with Crippen LogP contribution in [-0.2, 0) is 14.3 Å². The summed E-state index contributed by atoms with van der Waals surface area (Å²) in [7, 11) is 0. The van der Waals surface area contributed by atoms with E-state index < -0.39 is 18.1 Å². The molecule has 2 N–H and O–H groups in total. The lowest BCUT2D eigenvalue weighted by Crippen LogP contribution is -2.51. The number of hydrogen-bond acceptors (Lipinski definition) is 4. The van der Waals surface area contributed by atoms with Crippen LogP contribution < -0.4 is 5.32 Å². The van der Waals surface area contributed by atoms with E-state index in [9.17, 15) is 19.5 Å². The van der Waals surface area contributed by atoms with E-state index in [-0.39, 0.29) is 24.3 Å². The molecular formula is C28H34N2O5. The number of alkyl carbamates (subject to hydrolysis) is 1. The molecule has 2 aromatic carbocycles. The largest absolute Gasteiger partial charge is 0.480 e. The molecule has 3 atom stereocenters. The zero-order valence-electron chi connectivity index (χ0n) is 20.4. The smallest absolute Gasteiger partial charge is 0.407 e. The number of carbonyl (C=O) groups is 3. The number of likely N-dealkylation sites (tertiary alicyclic amines) is 1. The number of aliphatic carboxylic acids is 1. The third-order valence-corrected chi connectivity index (χ3v) is 7.28. The molecule has 35 heavy (non-hydrogen) atoms. The summed E-state index contributed by atoms with van der Waals surface area (Å²) in [4.78, 5) is 38.3. The number of benzene rings is 2. The quantitative estimate of drug-likeness (QED) is 0.539. The number of nitrogens with zero attached hydrogens (tertiary/aromatic N) is 1. The standard InChI is InChI=1S/C28H34N2O5/c1-18-13-15-30(25(16-18)27(32)33)26(31)19(2)8-7-14-29-28(34)35-17-24-22-11-5-3-9-20(22)21-10-4-6-12-23(21)24/h3-6,9-12,18-19,24-25H,7-8,13-17H2,1-2H3,(H,29,34)(H,32,33). The van der Waals surface area contributed by atoms with Crippen molar-refractivity contribution in [1.29, 1.82) is 0 Å². The van der Waals surface area contributed by atoms with Gasteiger partial charge in [0.2, 0.25) is 5.91 Å². The second-order valence-corrected chi connectivity index (χ2v) is 9.81. The van der Waals surface area contributed by atoms with Crippen LogP contribution in [0.5, 0.6) is 0 Å². The average Bonchev–Trinajstić information content (AvgIpc) is 3.18. The zero-order valence-corrected chi connectivity index (χ0v) is 20.4. The van der Waals surface area contributed by atoms with Gasteiger partial charge in [-0.1, -0.05) is 62.4 Å². The molecule has 186 valence electrons. The van der Waals surface area contributed by atoms with E-state index in [0.29, 0.717) is 38.3 Å². The van der Waals surface area contributed by atoms with Crippen LogP contribution in [-0.4, -0.2) is 53.7 Å². The summed E-state index contributed by atoms with van der Waals surface area (Å²) in [5.74, 6) is -1.04.